The molecule has 2 nitrogen and oxygen atoms in total. The highest BCUT2D eigenvalue weighted by Gasteiger charge is 2.26. The molecule has 2 rings (SSSR count). The van der Waals surface area contributed by atoms with Crippen LogP contribution >= 0.6 is 0 Å². The van der Waals surface area contributed by atoms with Gasteiger partial charge in [0.15, 0.2) is 17.4 Å². The number of halogens is 2. The summed E-state index contributed by atoms with van der Waals surface area (Å²) in [5.41, 5.74) is 0.0440. The third-order valence-corrected chi connectivity index (χ3v) is 3.07. The van der Waals surface area contributed by atoms with Gasteiger partial charge >= 0.3 is 0 Å². The maximum absolute atomic E-state index is 13.6. The van der Waals surface area contributed by atoms with Gasteiger partial charge in [-0.25, -0.2) is 8.78 Å². The number of benzene rings is 1. The van der Waals surface area contributed by atoms with Crippen molar-refractivity contribution in [1.82, 2.24) is 0 Å². The minimum atomic E-state index is -1.04. The maximum Gasteiger partial charge on any atom is 0.171 e. The molecular weight excluding hydrogens is 226 g/mol. The van der Waals surface area contributed by atoms with E-state index in [-0.39, 0.29) is 22.8 Å². The Bertz CT molecular complexity index is 437. The smallest absolute Gasteiger partial charge is 0.171 e. The molecule has 1 fully saturated rings. The molecule has 0 N–H and O–H groups in total. The van der Waals surface area contributed by atoms with Gasteiger partial charge in [-0.1, -0.05) is 6.07 Å². The lowest BCUT2D eigenvalue weighted by Crippen LogP contribution is -2.26. The van der Waals surface area contributed by atoms with Crippen molar-refractivity contribution in [2.24, 2.45) is 5.92 Å². The van der Waals surface area contributed by atoms with E-state index in [1.54, 1.807) is 0 Å². The molecular formula is C13H14F2O2. The van der Waals surface area contributed by atoms with Crippen molar-refractivity contribution in [3.8, 4) is 0 Å². The van der Waals surface area contributed by atoms with E-state index >= 15 is 0 Å². The average molecular weight is 240 g/mol. The van der Waals surface area contributed by atoms with Gasteiger partial charge in [0.1, 0.15) is 0 Å². The van der Waals surface area contributed by atoms with Gasteiger partial charge in [0.05, 0.1) is 12.2 Å². The summed E-state index contributed by atoms with van der Waals surface area (Å²) in [6.07, 6.45) is 1.46. The Kier molecular flexibility index (Phi) is 3.52. The van der Waals surface area contributed by atoms with Gasteiger partial charge in [-0.3, -0.25) is 4.79 Å². The predicted octanol–water partition coefficient (Wildman–Crippen LogP) is 2.88. The maximum atomic E-state index is 13.6. The minimum Gasteiger partial charge on any atom is -0.381 e. The molecule has 1 heterocycles. The molecule has 4 heteroatoms. The molecule has 0 saturated carbocycles. The Hall–Kier alpha value is -1.29. The summed E-state index contributed by atoms with van der Waals surface area (Å²) in [7, 11) is 0. The summed E-state index contributed by atoms with van der Waals surface area (Å²) >= 11 is 0. The van der Waals surface area contributed by atoms with Crippen LogP contribution in [0.25, 0.3) is 0 Å². The van der Waals surface area contributed by atoms with Crippen LogP contribution in [0.2, 0.25) is 0 Å². The van der Waals surface area contributed by atoms with Crippen LogP contribution in [0.15, 0.2) is 12.1 Å². The monoisotopic (exact) mass is 240 g/mol. The summed E-state index contributed by atoms with van der Waals surface area (Å²) in [4.78, 5) is 12.0. The van der Waals surface area contributed by atoms with E-state index in [0.29, 0.717) is 19.6 Å². The molecule has 0 aromatic heterocycles. The van der Waals surface area contributed by atoms with Crippen molar-refractivity contribution in [1.29, 1.82) is 0 Å². The Morgan fingerprint density at radius 2 is 2.12 bits per heavy atom. The first-order chi connectivity index (χ1) is 8.11. The third-order valence-electron chi connectivity index (χ3n) is 3.07. The lowest BCUT2D eigenvalue weighted by molar-refractivity contribution is 0.0458. The zero-order valence-electron chi connectivity index (χ0n) is 9.63. The van der Waals surface area contributed by atoms with Gasteiger partial charge in [0, 0.05) is 12.5 Å². The molecule has 1 aliphatic heterocycles. The molecule has 1 unspecified atom stereocenters. The summed E-state index contributed by atoms with van der Waals surface area (Å²) < 4.78 is 32.2. The summed E-state index contributed by atoms with van der Waals surface area (Å²) in [5.74, 6) is -2.69. The number of hydrogen-bond acceptors (Lipinski definition) is 2. The van der Waals surface area contributed by atoms with Crippen molar-refractivity contribution in [2.45, 2.75) is 19.8 Å². The largest absolute Gasteiger partial charge is 0.381 e. The quantitative estimate of drug-likeness (QED) is 0.743. The Labute approximate surface area is 98.6 Å². The third kappa shape index (κ3) is 2.36. The molecule has 0 spiro atoms. The van der Waals surface area contributed by atoms with Gasteiger partial charge in [-0.2, -0.15) is 0 Å². The van der Waals surface area contributed by atoms with Gasteiger partial charge in [0.2, 0.25) is 0 Å². The molecule has 0 aliphatic carbocycles. The molecule has 1 aromatic rings. The number of carbonyl (C=O) groups is 1. The average Bonchev–Trinajstić information content (AvgIpc) is 2.36. The van der Waals surface area contributed by atoms with Crippen LogP contribution in [0.5, 0.6) is 0 Å². The van der Waals surface area contributed by atoms with Crippen LogP contribution < -0.4 is 0 Å². The van der Waals surface area contributed by atoms with Crippen molar-refractivity contribution < 1.29 is 18.3 Å². The van der Waals surface area contributed by atoms with Crippen LogP contribution in [0, 0.1) is 24.5 Å². The first-order valence-corrected chi connectivity index (χ1v) is 5.68. The predicted molar refractivity (Wildman–Crippen MR) is 59.0 cm³/mol. The highest BCUT2D eigenvalue weighted by atomic mass is 19.2. The number of aryl methyl sites for hydroxylation is 1. The normalized spacial score (nSPS) is 20.3. The summed E-state index contributed by atoms with van der Waals surface area (Å²) in [6.45, 7) is 2.40. The topological polar surface area (TPSA) is 26.3 Å². The van der Waals surface area contributed by atoms with E-state index in [1.807, 2.05) is 0 Å². The number of ketones is 1. The van der Waals surface area contributed by atoms with Crippen LogP contribution in [0.1, 0.15) is 28.8 Å². The molecule has 17 heavy (non-hydrogen) atoms. The van der Waals surface area contributed by atoms with Crippen molar-refractivity contribution >= 4 is 5.78 Å². The number of carbonyl (C=O) groups excluding carboxylic acids is 1. The minimum absolute atomic E-state index is 0.163. The van der Waals surface area contributed by atoms with E-state index in [2.05, 4.69) is 0 Å². The number of rotatable bonds is 2. The highest BCUT2D eigenvalue weighted by molar-refractivity contribution is 5.98. The standard InChI is InChI=1S/C13H14F2O2/c1-8-4-5-10(12(15)11(8)14)13(16)9-3-2-6-17-7-9/h4-5,9H,2-3,6-7H2,1H3. The second-order valence-corrected chi connectivity index (χ2v) is 4.34. The zero-order valence-corrected chi connectivity index (χ0v) is 9.63. The van der Waals surface area contributed by atoms with Gasteiger partial charge in [-0.05, 0) is 31.4 Å². The van der Waals surface area contributed by atoms with Gasteiger partial charge < -0.3 is 4.74 Å². The second-order valence-electron chi connectivity index (χ2n) is 4.34. The summed E-state index contributed by atoms with van der Waals surface area (Å²) in [6, 6.07) is 2.78. The molecule has 1 atom stereocenters. The Balaban J connectivity index is 2.27. The first kappa shape index (κ1) is 12.2. The molecule has 0 amide bonds. The van der Waals surface area contributed by atoms with Crippen LogP contribution in [-0.2, 0) is 4.74 Å². The first-order valence-electron chi connectivity index (χ1n) is 5.68. The highest BCUT2D eigenvalue weighted by Crippen LogP contribution is 2.23. The van der Waals surface area contributed by atoms with Crippen LogP contribution in [-0.4, -0.2) is 19.0 Å². The van der Waals surface area contributed by atoms with Crippen molar-refractivity contribution in [3.63, 3.8) is 0 Å². The van der Waals surface area contributed by atoms with Crippen LogP contribution in [0.3, 0.4) is 0 Å². The van der Waals surface area contributed by atoms with Crippen LogP contribution in [0.4, 0.5) is 8.78 Å². The van der Waals surface area contributed by atoms with E-state index in [9.17, 15) is 13.6 Å². The van der Waals surface area contributed by atoms with Crippen molar-refractivity contribution in [3.05, 3.63) is 34.9 Å². The number of Topliss-reactive ketones (excluding diaryl/α,β-unsaturated/α-hetero) is 1. The zero-order chi connectivity index (χ0) is 12.4. The van der Waals surface area contributed by atoms with Gasteiger partial charge in [0.25, 0.3) is 0 Å². The fraction of sp³-hybridized carbons (Fsp3) is 0.462. The lowest BCUT2D eigenvalue weighted by Gasteiger charge is -2.21. The lowest BCUT2D eigenvalue weighted by atomic mass is 9.92. The molecule has 1 aliphatic rings. The SMILES string of the molecule is Cc1ccc(C(=O)C2CCCOC2)c(F)c1F. The molecule has 92 valence electrons. The summed E-state index contributed by atoms with van der Waals surface area (Å²) in [5, 5.41) is 0. The van der Waals surface area contributed by atoms with E-state index in [0.717, 1.165) is 6.42 Å². The van der Waals surface area contributed by atoms with E-state index in [4.69, 9.17) is 4.74 Å². The fourth-order valence-electron chi connectivity index (χ4n) is 2.00. The Morgan fingerprint density at radius 1 is 1.35 bits per heavy atom. The number of hydrogen-bond donors (Lipinski definition) is 0. The van der Waals surface area contributed by atoms with E-state index < -0.39 is 11.6 Å². The van der Waals surface area contributed by atoms with Gasteiger partial charge in [-0.15, -0.1) is 0 Å². The molecule has 0 radical (unpaired) electrons. The fourth-order valence-corrected chi connectivity index (χ4v) is 2.00. The number of ether oxygens (including phenoxy) is 1. The second kappa shape index (κ2) is 4.92. The molecule has 1 saturated heterocycles. The Morgan fingerprint density at radius 3 is 2.76 bits per heavy atom. The van der Waals surface area contributed by atoms with Crippen molar-refractivity contribution in [2.75, 3.05) is 13.2 Å². The van der Waals surface area contributed by atoms with E-state index in [1.165, 1.54) is 19.1 Å². The molecule has 0 bridgehead atoms. The molecule has 1 aromatic carbocycles.